The lowest BCUT2D eigenvalue weighted by atomic mass is 10.1. The van der Waals surface area contributed by atoms with E-state index in [2.05, 4.69) is 27.7 Å². The van der Waals surface area contributed by atoms with Crippen LogP contribution in [0.1, 0.15) is 5.56 Å². The van der Waals surface area contributed by atoms with Gasteiger partial charge in [-0.05, 0) is 34.5 Å². The van der Waals surface area contributed by atoms with E-state index in [1.165, 1.54) is 5.56 Å². The highest BCUT2D eigenvalue weighted by Crippen LogP contribution is 2.22. The second-order valence-electron chi connectivity index (χ2n) is 4.55. The molecule has 5 nitrogen and oxygen atoms in total. The van der Waals surface area contributed by atoms with Gasteiger partial charge in [0.15, 0.2) is 5.82 Å². The summed E-state index contributed by atoms with van der Waals surface area (Å²) in [4.78, 5) is 0. The first kappa shape index (κ1) is 12.3. The smallest absolute Gasteiger partial charge is 0.184 e. The van der Waals surface area contributed by atoms with Crippen molar-refractivity contribution in [1.29, 1.82) is 0 Å². The van der Waals surface area contributed by atoms with Gasteiger partial charge >= 0.3 is 0 Å². The Hall–Kier alpha value is -2.69. The van der Waals surface area contributed by atoms with Gasteiger partial charge in [0.1, 0.15) is 0 Å². The van der Waals surface area contributed by atoms with Crippen LogP contribution in [0.25, 0.3) is 11.4 Å². The van der Waals surface area contributed by atoms with Crippen molar-refractivity contribution in [3.8, 4) is 11.4 Å². The van der Waals surface area contributed by atoms with E-state index in [0.29, 0.717) is 11.5 Å². The summed E-state index contributed by atoms with van der Waals surface area (Å²) < 4.78 is 1.79. The molecule has 2 aromatic carbocycles. The number of nitrogen functional groups attached to an aromatic ring is 1. The first-order valence-corrected chi connectivity index (χ1v) is 6.49. The molecule has 0 saturated heterocycles. The van der Waals surface area contributed by atoms with Crippen molar-refractivity contribution in [3.63, 3.8) is 0 Å². The fourth-order valence-electron chi connectivity index (χ4n) is 2.13. The Kier molecular flexibility index (Phi) is 3.41. The molecule has 100 valence electrons. The van der Waals surface area contributed by atoms with Crippen LogP contribution in [0.2, 0.25) is 0 Å². The highest BCUT2D eigenvalue weighted by molar-refractivity contribution is 5.70. The molecule has 0 aliphatic carbocycles. The third-order valence-electron chi connectivity index (χ3n) is 3.19. The van der Waals surface area contributed by atoms with E-state index in [9.17, 15) is 0 Å². The predicted octanol–water partition coefficient (Wildman–Crippen LogP) is 2.17. The van der Waals surface area contributed by atoms with Gasteiger partial charge in [-0.1, -0.05) is 42.5 Å². The highest BCUT2D eigenvalue weighted by Gasteiger charge is 2.11. The Morgan fingerprint density at radius 2 is 1.70 bits per heavy atom. The number of tetrazole rings is 1. The van der Waals surface area contributed by atoms with Crippen LogP contribution in [0.15, 0.2) is 54.6 Å². The predicted molar refractivity (Wildman–Crippen MR) is 77.8 cm³/mol. The lowest BCUT2D eigenvalue weighted by molar-refractivity contribution is 0.594. The average molecular weight is 265 g/mol. The van der Waals surface area contributed by atoms with Crippen LogP contribution >= 0.6 is 0 Å². The summed E-state index contributed by atoms with van der Waals surface area (Å²) in [5.74, 6) is 0.707. The van der Waals surface area contributed by atoms with Gasteiger partial charge in [-0.2, -0.15) is 0 Å². The van der Waals surface area contributed by atoms with Gasteiger partial charge in [-0.15, -0.1) is 5.10 Å². The van der Waals surface area contributed by atoms with Crippen LogP contribution in [0.3, 0.4) is 0 Å². The van der Waals surface area contributed by atoms with E-state index in [0.717, 1.165) is 18.5 Å². The third-order valence-corrected chi connectivity index (χ3v) is 3.19. The molecule has 0 bridgehead atoms. The quantitative estimate of drug-likeness (QED) is 0.734. The van der Waals surface area contributed by atoms with Crippen molar-refractivity contribution < 1.29 is 0 Å². The number of nitrogens with two attached hydrogens (primary N) is 1. The van der Waals surface area contributed by atoms with Crippen LogP contribution in [0, 0.1) is 0 Å². The summed E-state index contributed by atoms with van der Waals surface area (Å²) >= 11 is 0. The van der Waals surface area contributed by atoms with Crippen molar-refractivity contribution in [1.82, 2.24) is 20.2 Å². The van der Waals surface area contributed by atoms with E-state index in [-0.39, 0.29) is 0 Å². The summed E-state index contributed by atoms with van der Waals surface area (Å²) in [6.45, 7) is 0.723. The van der Waals surface area contributed by atoms with Crippen LogP contribution in [-0.4, -0.2) is 20.2 Å². The fraction of sp³-hybridized carbons (Fsp3) is 0.133. The maximum absolute atomic E-state index is 5.98. The van der Waals surface area contributed by atoms with Crippen molar-refractivity contribution in [2.24, 2.45) is 0 Å². The number of para-hydroxylation sites is 1. The van der Waals surface area contributed by atoms with Crippen LogP contribution in [-0.2, 0) is 13.0 Å². The van der Waals surface area contributed by atoms with E-state index < -0.39 is 0 Å². The first-order valence-electron chi connectivity index (χ1n) is 6.49. The topological polar surface area (TPSA) is 69.6 Å². The first-order chi connectivity index (χ1) is 9.84. The number of nitrogens with zero attached hydrogens (tertiary/aromatic N) is 4. The zero-order valence-electron chi connectivity index (χ0n) is 11.0. The SMILES string of the molecule is Nc1ccccc1-c1nnnn1CCc1ccccc1. The second kappa shape index (κ2) is 5.52. The number of hydrogen-bond acceptors (Lipinski definition) is 4. The standard InChI is InChI=1S/C15H15N5/c16-14-9-5-4-8-13(14)15-17-18-19-20(15)11-10-12-6-2-1-3-7-12/h1-9H,10-11,16H2. The van der Waals surface area contributed by atoms with Crippen molar-refractivity contribution >= 4 is 5.69 Å². The minimum Gasteiger partial charge on any atom is -0.398 e. The lowest BCUT2D eigenvalue weighted by Crippen LogP contribution is -2.06. The summed E-state index contributed by atoms with van der Waals surface area (Å²) in [5.41, 5.74) is 8.79. The number of aryl methyl sites for hydroxylation is 2. The Bertz CT molecular complexity index is 690. The minimum atomic E-state index is 0.684. The van der Waals surface area contributed by atoms with Gasteiger partial charge in [0.05, 0.1) is 0 Å². The van der Waals surface area contributed by atoms with Gasteiger partial charge in [0, 0.05) is 17.8 Å². The van der Waals surface area contributed by atoms with Gasteiger partial charge in [0.2, 0.25) is 0 Å². The molecule has 3 aromatic rings. The second-order valence-corrected chi connectivity index (χ2v) is 4.55. The van der Waals surface area contributed by atoms with E-state index in [1.54, 1.807) is 4.68 Å². The van der Waals surface area contributed by atoms with Crippen LogP contribution in [0.4, 0.5) is 5.69 Å². The Labute approximate surface area is 117 Å². The summed E-state index contributed by atoms with van der Waals surface area (Å²) in [6, 6.07) is 17.9. The molecule has 1 heterocycles. The molecule has 0 radical (unpaired) electrons. The maximum Gasteiger partial charge on any atom is 0.184 e. The molecule has 0 aliphatic heterocycles. The van der Waals surface area contributed by atoms with Crippen molar-refractivity contribution in [2.75, 3.05) is 5.73 Å². The number of aromatic nitrogens is 4. The highest BCUT2D eigenvalue weighted by atomic mass is 15.5. The molecular weight excluding hydrogens is 250 g/mol. The molecular formula is C15H15N5. The van der Waals surface area contributed by atoms with Crippen LogP contribution < -0.4 is 5.73 Å². The lowest BCUT2D eigenvalue weighted by Gasteiger charge is -2.06. The van der Waals surface area contributed by atoms with Crippen molar-refractivity contribution in [3.05, 3.63) is 60.2 Å². The molecule has 5 heteroatoms. The number of anilines is 1. The summed E-state index contributed by atoms with van der Waals surface area (Å²) in [5, 5.41) is 11.9. The molecule has 0 unspecified atom stereocenters. The zero-order valence-corrected chi connectivity index (χ0v) is 11.0. The molecule has 1 aromatic heterocycles. The van der Waals surface area contributed by atoms with E-state index in [1.807, 2.05) is 42.5 Å². The number of rotatable bonds is 4. The fourth-order valence-corrected chi connectivity index (χ4v) is 2.13. The maximum atomic E-state index is 5.98. The molecule has 0 amide bonds. The molecule has 3 rings (SSSR count). The number of benzene rings is 2. The Morgan fingerprint density at radius 3 is 2.50 bits per heavy atom. The molecule has 0 aliphatic rings. The van der Waals surface area contributed by atoms with E-state index >= 15 is 0 Å². The van der Waals surface area contributed by atoms with Gasteiger partial charge in [-0.3, -0.25) is 0 Å². The Morgan fingerprint density at radius 1 is 0.950 bits per heavy atom. The van der Waals surface area contributed by atoms with Crippen LogP contribution in [0.5, 0.6) is 0 Å². The number of hydrogen-bond donors (Lipinski definition) is 1. The summed E-state index contributed by atoms with van der Waals surface area (Å²) in [7, 11) is 0. The summed E-state index contributed by atoms with van der Waals surface area (Å²) in [6.07, 6.45) is 0.881. The largest absolute Gasteiger partial charge is 0.398 e. The van der Waals surface area contributed by atoms with Crippen molar-refractivity contribution in [2.45, 2.75) is 13.0 Å². The molecule has 2 N–H and O–H groups in total. The third kappa shape index (κ3) is 2.51. The monoisotopic (exact) mass is 265 g/mol. The Balaban J connectivity index is 1.83. The van der Waals surface area contributed by atoms with E-state index in [4.69, 9.17) is 5.73 Å². The molecule has 20 heavy (non-hydrogen) atoms. The normalized spacial score (nSPS) is 10.6. The minimum absolute atomic E-state index is 0.684. The zero-order chi connectivity index (χ0) is 13.8. The van der Waals surface area contributed by atoms with Gasteiger partial charge in [-0.25, -0.2) is 4.68 Å². The van der Waals surface area contributed by atoms with Gasteiger partial charge in [0.25, 0.3) is 0 Å². The molecule has 0 saturated carbocycles. The molecule has 0 atom stereocenters. The van der Waals surface area contributed by atoms with Gasteiger partial charge < -0.3 is 5.73 Å². The molecule has 0 fully saturated rings. The average Bonchev–Trinajstić information content (AvgIpc) is 2.95. The molecule has 0 spiro atoms.